The molecular weight excluding hydrogens is 395 g/mol. The fourth-order valence-electron chi connectivity index (χ4n) is 2.53. The van der Waals surface area contributed by atoms with Gasteiger partial charge in [-0.15, -0.1) is 0 Å². The number of nitriles is 1. The monoisotopic (exact) mass is 414 g/mol. The fourth-order valence-corrected chi connectivity index (χ4v) is 2.53. The lowest BCUT2D eigenvalue weighted by molar-refractivity contribution is -0.131. The van der Waals surface area contributed by atoms with Crippen molar-refractivity contribution in [1.82, 2.24) is 0 Å². The molecule has 0 bridgehead atoms. The Morgan fingerprint density at radius 1 is 1.27 bits per heavy atom. The predicted octanol–water partition coefficient (Wildman–Crippen LogP) is 3.74. The van der Waals surface area contributed by atoms with Crippen molar-refractivity contribution in [1.29, 1.82) is 5.26 Å². The molecule has 0 aliphatic rings. The number of carboxylic acids is 1. The van der Waals surface area contributed by atoms with Crippen LogP contribution in [0.25, 0.3) is 0 Å². The van der Waals surface area contributed by atoms with Crippen molar-refractivity contribution < 1.29 is 33.7 Å². The third-order valence-electron chi connectivity index (χ3n) is 3.88. The smallest absolute Gasteiger partial charge is 0.412 e. The minimum absolute atomic E-state index is 0.147. The van der Waals surface area contributed by atoms with Gasteiger partial charge in [0, 0.05) is 18.4 Å². The number of hydrogen-bond acceptors (Lipinski definition) is 6. The molecule has 0 saturated carbocycles. The molecule has 156 valence electrons. The minimum atomic E-state index is -1.24. The summed E-state index contributed by atoms with van der Waals surface area (Å²) in [5.74, 6) is -2.77. The normalized spacial score (nSPS) is 12.7. The number of carbonyl (C=O) groups excluding carboxylic acids is 1. The van der Waals surface area contributed by atoms with Gasteiger partial charge in [0.05, 0.1) is 11.6 Å². The Labute approximate surface area is 171 Å². The van der Waals surface area contributed by atoms with Crippen LogP contribution in [0.3, 0.4) is 0 Å². The van der Waals surface area contributed by atoms with Gasteiger partial charge in [-0.05, 0) is 55.0 Å². The van der Waals surface area contributed by atoms with E-state index in [1.165, 1.54) is 36.4 Å². The molecule has 0 aliphatic carbocycles. The maximum atomic E-state index is 13.9. The quantitative estimate of drug-likeness (QED) is 0.561. The maximum Gasteiger partial charge on any atom is 0.412 e. The van der Waals surface area contributed by atoms with E-state index in [-0.39, 0.29) is 12.2 Å². The lowest BCUT2D eigenvalue weighted by Gasteiger charge is -2.25. The number of carbonyl (C=O) groups is 2. The second kappa shape index (κ2) is 10.6. The van der Waals surface area contributed by atoms with Gasteiger partial charge < -0.3 is 19.7 Å². The number of phenols is 1. The van der Waals surface area contributed by atoms with E-state index in [0.717, 1.165) is 18.2 Å². The number of rotatable bonds is 8. The molecule has 2 atom stereocenters. The first-order valence-corrected chi connectivity index (χ1v) is 8.83. The van der Waals surface area contributed by atoms with Crippen molar-refractivity contribution in [2.24, 2.45) is 0 Å². The molecule has 9 heteroatoms. The number of halogens is 1. The highest BCUT2D eigenvalue weighted by Crippen LogP contribution is 2.29. The Hall–Kier alpha value is -3.90. The Bertz CT molecular complexity index is 968. The summed E-state index contributed by atoms with van der Waals surface area (Å²) in [7, 11) is 0. The van der Waals surface area contributed by atoms with Gasteiger partial charge >= 0.3 is 12.1 Å². The van der Waals surface area contributed by atoms with E-state index in [1.807, 2.05) is 6.07 Å². The lowest BCUT2D eigenvalue weighted by atomic mass is 10.0. The highest BCUT2D eigenvalue weighted by Gasteiger charge is 2.27. The van der Waals surface area contributed by atoms with Crippen LogP contribution >= 0.6 is 0 Å². The van der Waals surface area contributed by atoms with Crippen LogP contribution in [0, 0.1) is 17.1 Å². The molecule has 0 radical (unpaired) electrons. The van der Waals surface area contributed by atoms with Crippen molar-refractivity contribution in [2.45, 2.75) is 19.1 Å². The van der Waals surface area contributed by atoms with Crippen molar-refractivity contribution >= 4 is 17.7 Å². The fraction of sp³-hybridized carbons (Fsp3) is 0.190. The molecule has 0 aromatic heterocycles. The summed E-state index contributed by atoms with van der Waals surface area (Å²) in [5.41, 5.74) is 0.902. The van der Waals surface area contributed by atoms with Crippen LogP contribution in [0.4, 0.5) is 14.9 Å². The van der Waals surface area contributed by atoms with Crippen LogP contribution in [0.1, 0.15) is 24.2 Å². The topological polar surface area (TPSA) is 129 Å². The van der Waals surface area contributed by atoms with Crippen molar-refractivity contribution in [3.05, 3.63) is 71.6 Å². The third-order valence-corrected chi connectivity index (χ3v) is 3.88. The molecule has 0 saturated heterocycles. The van der Waals surface area contributed by atoms with Gasteiger partial charge in [0.25, 0.3) is 0 Å². The summed E-state index contributed by atoms with van der Waals surface area (Å²) in [6, 6.07) is 11.3. The Morgan fingerprint density at radius 2 is 1.97 bits per heavy atom. The van der Waals surface area contributed by atoms with E-state index in [4.69, 9.17) is 19.8 Å². The summed E-state index contributed by atoms with van der Waals surface area (Å²) in [5, 5.41) is 29.6. The standard InChI is InChI=1S/C21H19FN2O6/c1-2-29-18(9-10-19(26)27)20(14-5-8-17(25)16(22)11-14)30-21(28)24-15-6-3-13(12-23)4-7-15/h3-11,18,20,25H,2H2,1H3,(H,24,28)(H,26,27)/b10-9+/t18-,20-/m1/s1. The highest BCUT2D eigenvalue weighted by atomic mass is 19.1. The van der Waals surface area contributed by atoms with Gasteiger partial charge in [-0.3, -0.25) is 5.32 Å². The van der Waals surface area contributed by atoms with E-state index in [9.17, 15) is 19.1 Å². The minimum Gasteiger partial charge on any atom is -0.505 e. The van der Waals surface area contributed by atoms with Gasteiger partial charge in [-0.1, -0.05) is 6.07 Å². The number of phenolic OH excluding ortho intramolecular Hbond substituents is 1. The van der Waals surface area contributed by atoms with Gasteiger partial charge in [0.15, 0.2) is 17.7 Å². The van der Waals surface area contributed by atoms with Gasteiger partial charge in [-0.2, -0.15) is 5.26 Å². The first-order chi connectivity index (χ1) is 14.3. The number of amides is 1. The first kappa shape index (κ1) is 22.4. The number of ether oxygens (including phenoxy) is 2. The molecule has 0 aliphatic heterocycles. The molecule has 30 heavy (non-hydrogen) atoms. The predicted molar refractivity (Wildman–Crippen MR) is 104 cm³/mol. The van der Waals surface area contributed by atoms with E-state index in [0.29, 0.717) is 11.3 Å². The van der Waals surface area contributed by atoms with Gasteiger partial charge in [0.1, 0.15) is 6.10 Å². The van der Waals surface area contributed by atoms with Crippen LogP contribution in [0.15, 0.2) is 54.6 Å². The highest BCUT2D eigenvalue weighted by molar-refractivity contribution is 5.85. The number of nitrogens with one attached hydrogen (secondary N) is 1. The molecular formula is C21H19FN2O6. The number of benzene rings is 2. The number of nitrogens with zero attached hydrogens (tertiary/aromatic N) is 1. The molecule has 2 aromatic rings. The van der Waals surface area contributed by atoms with Crippen LogP contribution in [-0.4, -0.2) is 35.0 Å². The average molecular weight is 414 g/mol. The average Bonchev–Trinajstić information content (AvgIpc) is 2.72. The summed E-state index contributed by atoms with van der Waals surface area (Å²) in [6.07, 6.45) is -1.16. The number of carboxylic acid groups (broad SMARTS) is 1. The maximum absolute atomic E-state index is 13.9. The van der Waals surface area contributed by atoms with E-state index < -0.39 is 35.8 Å². The molecule has 0 unspecified atom stereocenters. The Balaban J connectivity index is 2.30. The summed E-state index contributed by atoms with van der Waals surface area (Å²) in [6.45, 7) is 1.82. The van der Waals surface area contributed by atoms with Gasteiger partial charge in [-0.25, -0.2) is 14.0 Å². The molecule has 8 nitrogen and oxygen atoms in total. The molecule has 3 N–H and O–H groups in total. The summed E-state index contributed by atoms with van der Waals surface area (Å²) in [4.78, 5) is 23.3. The lowest BCUT2D eigenvalue weighted by Crippen LogP contribution is -2.28. The molecule has 0 heterocycles. The number of aromatic hydroxyl groups is 1. The molecule has 1 amide bonds. The van der Waals surface area contributed by atoms with Gasteiger partial charge in [0.2, 0.25) is 0 Å². The zero-order valence-corrected chi connectivity index (χ0v) is 15.9. The zero-order chi connectivity index (χ0) is 22.1. The molecule has 2 aromatic carbocycles. The largest absolute Gasteiger partial charge is 0.505 e. The molecule has 2 rings (SSSR count). The Morgan fingerprint density at radius 3 is 2.53 bits per heavy atom. The van der Waals surface area contributed by atoms with Crippen LogP contribution in [0.2, 0.25) is 0 Å². The van der Waals surface area contributed by atoms with E-state index in [1.54, 1.807) is 6.92 Å². The SMILES string of the molecule is CCO[C@H](/C=C/C(=O)O)[C@H](OC(=O)Nc1ccc(C#N)cc1)c1ccc(O)c(F)c1. The van der Waals surface area contributed by atoms with Crippen LogP contribution in [0.5, 0.6) is 5.75 Å². The number of hydrogen-bond donors (Lipinski definition) is 3. The van der Waals surface area contributed by atoms with Crippen molar-refractivity contribution in [2.75, 3.05) is 11.9 Å². The second-order valence-electron chi connectivity index (χ2n) is 5.97. The van der Waals surface area contributed by atoms with Crippen LogP contribution in [-0.2, 0) is 14.3 Å². The number of anilines is 1. The van der Waals surface area contributed by atoms with E-state index >= 15 is 0 Å². The second-order valence-corrected chi connectivity index (χ2v) is 5.97. The first-order valence-electron chi connectivity index (χ1n) is 8.83. The summed E-state index contributed by atoms with van der Waals surface area (Å²) >= 11 is 0. The molecule has 0 fully saturated rings. The Kier molecular flexibility index (Phi) is 7.90. The summed E-state index contributed by atoms with van der Waals surface area (Å²) < 4.78 is 24.8. The van der Waals surface area contributed by atoms with Crippen LogP contribution < -0.4 is 5.32 Å². The van der Waals surface area contributed by atoms with E-state index in [2.05, 4.69) is 5.32 Å². The number of aliphatic carboxylic acids is 1. The zero-order valence-electron chi connectivity index (χ0n) is 15.9. The van der Waals surface area contributed by atoms with Crippen molar-refractivity contribution in [3.8, 4) is 11.8 Å². The van der Waals surface area contributed by atoms with Crippen molar-refractivity contribution in [3.63, 3.8) is 0 Å². The third kappa shape index (κ3) is 6.32. The molecule has 0 spiro atoms.